The van der Waals surface area contributed by atoms with Crippen LogP contribution in [0.4, 0.5) is 5.69 Å². The third-order valence-corrected chi connectivity index (χ3v) is 4.90. The van der Waals surface area contributed by atoms with Crippen LogP contribution in [0.5, 0.6) is 0 Å². The van der Waals surface area contributed by atoms with Crippen molar-refractivity contribution >= 4 is 23.5 Å². The molecule has 1 aliphatic heterocycles. The minimum absolute atomic E-state index is 0.144. The number of aryl methyl sites for hydroxylation is 1. The van der Waals surface area contributed by atoms with E-state index in [0.717, 1.165) is 5.56 Å². The highest BCUT2D eigenvalue weighted by molar-refractivity contribution is 6.05. The molecule has 0 saturated carbocycles. The first-order valence-corrected chi connectivity index (χ1v) is 8.95. The smallest absolute Gasteiger partial charge is 0.306 e. The number of nitrogens with one attached hydrogen (secondary N) is 1. The normalized spacial score (nSPS) is 14.6. The Morgan fingerprint density at radius 1 is 1.00 bits per heavy atom. The van der Waals surface area contributed by atoms with Gasteiger partial charge in [-0.15, -0.1) is 0 Å². The SMILES string of the molecule is Cc1ccc(C(=O)N2CCC(C(=O)O)CC2)cc1NC(=O)c1ccccc1. The number of amides is 2. The molecule has 0 spiro atoms. The monoisotopic (exact) mass is 366 g/mol. The fraction of sp³-hybridized carbons (Fsp3) is 0.286. The van der Waals surface area contributed by atoms with Crippen molar-refractivity contribution in [2.24, 2.45) is 5.92 Å². The Morgan fingerprint density at radius 2 is 1.67 bits per heavy atom. The van der Waals surface area contributed by atoms with Crippen LogP contribution in [0.15, 0.2) is 48.5 Å². The summed E-state index contributed by atoms with van der Waals surface area (Å²) in [6, 6.07) is 14.1. The van der Waals surface area contributed by atoms with Crippen molar-refractivity contribution in [2.75, 3.05) is 18.4 Å². The molecule has 3 rings (SSSR count). The summed E-state index contributed by atoms with van der Waals surface area (Å²) in [5.74, 6) is -1.56. The fourth-order valence-corrected chi connectivity index (χ4v) is 3.19. The summed E-state index contributed by atoms with van der Waals surface area (Å²) in [5.41, 5.74) is 2.48. The number of aliphatic carboxylic acids is 1. The summed E-state index contributed by atoms with van der Waals surface area (Å²) in [4.78, 5) is 37.9. The molecular weight excluding hydrogens is 344 g/mol. The van der Waals surface area contributed by atoms with E-state index in [1.54, 1.807) is 47.4 Å². The number of hydrogen-bond donors (Lipinski definition) is 2. The lowest BCUT2D eigenvalue weighted by Crippen LogP contribution is -2.40. The second-order valence-corrected chi connectivity index (χ2v) is 6.75. The van der Waals surface area contributed by atoms with E-state index in [2.05, 4.69) is 5.32 Å². The van der Waals surface area contributed by atoms with Gasteiger partial charge in [0.25, 0.3) is 11.8 Å². The fourth-order valence-electron chi connectivity index (χ4n) is 3.19. The highest BCUT2D eigenvalue weighted by atomic mass is 16.4. The zero-order chi connectivity index (χ0) is 19.4. The Balaban J connectivity index is 1.72. The lowest BCUT2D eigenvalue weighted by Gasteiger charge is -2.30. The summed E-state index contributed by atoms with van der Waals surface area (Å²) in [6.45, 7) is 2.72. The van der Waals surface area contributed by atoms with E-state index < -0.39 is 5.97 Å². The molecule has 1 fully saturated rings. The number of carbonyl (C=O) groups excluding carboxylic acids is 2. The van der Waals surface area contributed by atoms with Crippen LogP contribution in [0.1, 0.15) is 39.1 Å². The quantitative estimate of drug-likeness (QED) is 0.870. The summed E-state index contributed by atoms with van der Waals surface area (Å²) >= 11 is 0. The van der Waals surface area contributed by atoms with E-state index in [1.165, 1.54) is 0 Å². The predicted molar refractivity (Wildman–Crippen MR) is 102 cm³/mol. The molecule has 6 nitrogen and oxygen atoms in total. The van der Waals surface area contributed by atoms with Gasteiger partial charge in [-0.05, 0) is 49.6 Å². The lowest BCUT2D eigenvalue weighted by molar-refractivity contribution is -0.143. The Morgan fingerprint density at radius 3 is 2.30 bits per heavy atom. The zero-order valence-corrected chi connectivity index (χ0v) is 15.1. The average Bonchev–Trinajstić information content (AvgIpc) is 2.69. The number of anilines is 1. The van der Waals surface area contributed by atoms with Gasteiger partial charge in [-0.25, -0.2) is 0 Å². The minimum atomic E-state index is -0.802. The van der Waals surface area contributed by atoms with Crippen LogP contribution in [-0.4, -0.2) is 40.9 Å². The second kappa shape index (κ2) is 8.03. The topological polar surface area (TPSA) is 86.7 Å². The van der Waals surface area contributed by atoms with Gasteiger partial charge in [0.1, 0.15) is 0 Å². The number of rotatable bonds is 4. The maximum atomic E-state index is 12.8. The van der Waals surface area contributed by atoms with Gasteiger partial charge in [0, 0.05) is 29.9 Å². The Hall–Kier alpha value is -3.15. The molecule has 0 radical (unpaired) electrons. The van der Waals surface area contributed by atoms with Gasteiger partial charge in [0.15, 0.2) is 0 Å². The second-order valence-electron chi connectivity index (χ2n) is 6.75. The molecule has 0 bridgehead atoms. The Kier molecular flexibility index (Phi) is 5.54. The number of carbonyl (C=O) groups is 3. The van der Waals surface area contributed by atoms with Crippen LogP contribution < -0.4 is 5.32 Å². The molecule has 6 heteroatoms. The molecule has 0 aromatic heterocycles. The van der Waals surface area contributed by atoms with Gasteiger partial charge in [0.2, 0.25) is 0 Å². The van der Waals surface area contributed by atoms with Gasteiger partial charge in [-0.3, -0.25) is 14.4 Å². The number of carboxylic acids is 1. The van der Waals surface area contributed by atoms with Crippen LogP contribution in [0.2, 0.25) is 0 Å². The molecule has 0 atom stereocenters. The molecule has 1 heterocycles. The molecule has 2 aromatic carbocycles. The van der Waals surface area contributed by atoms with Gasteiger partial charge in [0.05, 0.1) is 5.92 Å². The molecule has 1 saturated heterocycles. The van der Waals surface area contributed by atoms with E-state index in [9.17, 15) is 14.4 Å². The Labute approximate surface area is 157 Å². The average molecular weight is 366 g/mol. The van der Waals surface area contributed by atoms with Crippen LogP contribution >= 0.6 is 0 Å². The highest BCUT2D eigenvalue weighted by Gasteiger charge is 2.27. The molecule has 2 aromatic rings. The van der Waals surface area contributed by atoms with Gasteiger partial charge in [-0.2, -0.15) is 0 Å². The van der Waals surface area contributed by atoms with Gasteiger partial charge in [-0.1, -0.05) is 24.3 Å². The molecular formula is C21H22N2O4. The van der Waals surface area contributed by atoms with Crippen LogP contribution in [0.25, 0.3) is 0 Å². The number of hydrogen-bond acceptors (Lipinski definition) is 3. The zero-order valence-electron chi connectivity index (χ0n) is 15.1. The van der Waals surface area contributed by atoms with E-state index in [-0.39, 0.29) is 17.7 Å². The molecule has 27 heavy (non-hydrogen) atoms. The molecule has 2 N–H and O–H groups in total. The van der Waals surface area contributed by atoms with Crippen LogP contribution in [0.3, 0.4) is 0 Å². The minimum Gasteiger partial charge on any atom is -0.481 e. The maximum absolute atomic E-state index is 12.8. The summed E-state index contributed by atoms with van der Waals surface area (Å²) < 4.78 is 0. The number of benzene rings is 2. The molecule has 0 unspecified atom stereocenters. The molecule has 2 amide bonds. The first kappa shape index (κ1) is 18.6. The van der Waals surface area contributed by atoms with Crippen molar-refractivity contribution in [3.8, 4) is 0 Å². The highest BCUT2D eigenvalue weighted by Crippen LogP contribution is 2.22. The number of carboxylic acid groups (broad SMARTS) is 1. The van der Waals surface area contributed by atoms with Gasteiger partial charge >= 0.3 is 5.97 Å². The third kappa shape index (κ3) is 4.34. The maximum Gasteiger partial charge on any atom is 0.306 e. The van der Waals surface area contributed by atoms with Crippen LogP contribution in [0, 0.1) is 12.8 Å². The van der Waals surface area contributed by atoms with E-state index >= 15 is 0 Å². The Bertz CT molecular complexity index is 856. The first-order chi connectivity index (χ1) is 13.0. The van der Waals surface area contributed by atoms with Crippen molar-refractivity contribution < 1.29 is 19.5 Å². The predicted octanol–water partition coefficient (Wildman–Crippen LogP) is 3.18. The van der Waals surface area contributed by atoms with Crippen molar-refractivity contribution in [1.29, 1.82) is 0 Å². The lowest BCUT2D eigenvalue weighted by atomic mass is 9.96. The van der Waals surface area contributed by atoms with Crippen molar-refractivity contribution in [2.45, 2.75) is 19.8 Å². The number of likely N-dealkylation sites (tertiary alicyclic amines) is 1. The van der Waals surface area contributed by atoms with E-state index in [1.807, 2.05) is 13.0 Å². The van der Waals surface area contributed by atoms with Gasteiger partial charge < -0.3 is 15.3 Å². The summed E-state index contributed by atoms with van der Waals surface area (Å²) in [6.07, 6.45) is 0.926. The first-order valence-electron chi connectivity index (χ1n) is 8.95. The number of nitrogens with zero attached hydrogens (tertiary/aromatic N) is 1. The third-order valence-electron chi connectivity index (χ3n) is 4.90. The van der Waals surface area contributed by atoms with Crippen molar-refractivity contribution in [3.05, 3.63) is 65.2 Å². The molecule has 1 aliphatic rings. The van der Waals surface area contributed by atoms with Crippen molar-refractivity contribution in [1.82, 2.24) is 4.90 Å². The largest absolute Gasteiger partial charge is 0.481 e. The summed E-state index contributed by atoms with van der Waals surface area (Å²) in [5, 5.41) is 11.9. The number of piperidine rings is 1. The standard InChI is InChI=1S/C21H22N2O4/c1-14-7-8-17(20(25)23-11-9-16(10-12-23)21(26)27)13-18(14)22-19(24)15-5-3-2-4-6-15/h2-8,13,16H,9-12H2,1H3,(H,22,24)(H,26,27). The van der Waals surface area contributed by atoms with E-state index in [0.29, 0.717) is 42.7 Å². The molecule has 0 aliphatic carbocycles. The van der Waals surface area contributed by atoms with E-state index in [4.69, 9.17) is 5.11 Å². The van der Waals surface area contributed by atoms with Crippen LogP contribution in [-0.2, 0) is 4.79 Å². The summed E-state index contributed by atoms with van der Waals surface area (Å²) in [7, 11) is 0. The molecule has 140 valence electrons. The van der Waals surface area contributed by atoms with Crippen molar-refractivity contribution in [3.63, 3.8) is 0 Å².